The minimum absolute atomic E-state index is 0.0112. The minimum atomic E-state index is -0.0112. The Bertz CT molecular complexity index is 504. The maximum Gasteiger partial charge on any atom is 0.124 e. The number of rotatable bonds is 2. The molecule has 0 amide bonds. The Morgan fingerprint density at radius 2 is 2.19 bits per heavy atom. The van der Waals surface area contributed by atoms with Crippen LogP contribution in [-0.4, -0.2) is 5.60 Å². The lowest BCUT2D eigenvalue weighted by Gasteiger charge is -2.41. The summed E-state index contributed by atoms with van der Waals surface area (Å²) in [5.74, 6) is 1.89. The predicted molar refractivity (Wildman–Crippen MR) is 90.5 cm³/mol. The van der Waals surface area contributed by atoms with Gasteiger partial charge in [-0.05, 0) is 49.8 Å². The fourth-order valence-corrected chi connectivity index (χ4v) is 4.52. The quantitative estimate of drug-likeness (QED) is 0.779. The Balaban J connectivity index is 1.79. The van der Waals surface area contributed by atoms with Gasteiger partial charge in [0, 0.05) is 22.5 Å². The molecule has 1 aliphatic carbocycles. The molecule has 2 aliphatic rings. The summed E-state index contributed by atoms with van der Waals surface area (Å²) in [7, 11) is 0. The highest BCUT2D eigenvalue weighted by Gasteiger charge is 2.41. The lowest BCUT2D eigenvalue weighted by Crippen LogP contribution is -2.42. The van der Waals surface area contributed by atoms with Crippen LogP contribution in [0.5, 0.6) is 5.75 Å². The Kier molecular flexibility index (Phi) is 4.60. The van der Waals surface area contributed by atoms with E-state index in [9.17, 15) is 0 Å². The van der Waals surface area contributed by atoms with E-state index in [1.54, 1.807) is 0 Å². The van der Waals surface area contributed by atoms with Crippen molar-refractivity contribution in [3.63, 3.8) is 0 Å². The van der Waals surface area contributed by atoms with Crippen LogP contribution in [0.3, 0.4) is 0 Å². The van der Waals surface area contributed by atoms with Crippen LogP contribution in [0.4, 0.5) is 0 Å². The average molecular weight is 352 g/mol. The van der Waals surface area contributed by atoms with E-state index >= 15 is 0 Å². The van der Waals surface area contributed by atoms with E-state index in [0.29, 0.717) is 0 Å². The van der Waals surface area contributed by atoms with Crippen molar-refractivity contribution in [2.45, 2.75) is 69.9 Å². The molecule has 1 aromatic carbocycles. The molecule has 1 aromatic rings. The first kappa shape index (κ1) is 15.4. The summed E-state index contributed by atoms with van der Waals surface area (Å²) in [6.07, 6.45) is 9.91. The third-order valence-corrected chi connectivity index (χ3v) is 5.73. The molecule has 1 heterocycles. The number of hydrogen-bond acceptors (Lipinski definition) is 2. The molecule has 1 spiro atoms. The van der Waals surface area contributed by atoms with Gasteiger partial charge in [0.15, 0.2) is 0 Å². The van der Waals surface area contributed by atoms with Crippen LogP contribution in [0, 0.1) is 5.92 Å². The third-order valence-electron chi connectivity index (χ3n) is 5.24. The molecule has 116 valence electrons. The van der Waals surface area contributed by atoms with Gasteiger partial charge in [-0.25, -0.2) is 0 Å². The average Bonchev–Trinajstić information content (AvgIpc) is 2.64. The topological polar surface area (TPSA) is 35.2 Å². The van der Waals surface area contributed by atoms with E-state index in [1.807, 2.05) is 0 Å². The van der Waals surface area contributed by atoms with Crippen LogP contribution in [0.15, 0.2) is 22.7 Å². The first-order valence-electron chi connectivity index (χ1n) is 8.36. The van der Waals surface area contributed by atoms with E-state index in [1.165, 1.54) is 38.5 Å². The van der Waals surface area contributed by atoms with Gasteiger partial charge < -0.3 is 10.5 Å². The molecule has 0 aromatic heterocycles. The number of benzene rings is 1. The number of halogens is 1. The van der Waals surface area contributed by atoms with Crippen molar-refractivity contribution in [3.05, 3.63) is 28.2 Å². The molecule has 2 nitrogen and oxygen atoms in total. The second-order valence-corrected chi connectivity index (χ2v) is 7.78. The first-order chi connectivity index (χ1) is 10.1. The summed E-state index contributed by atoms with van der Waals surface area (Å²) in [5.41, 5.74) is 7.61. The van der Waals surface area contributed by atoms with Crippen LogP contribution in [0.2, 0.25) is 0 Å². The zero-order valence-electron chi connectivity index (χ0n) is 12.9. The molecule has 0 bridgehead atoms. The monoisotopic (exact) mass is 351 g/mol. The molecule has 21 heavy (non-hydrogen) atoms. The summed E-state index contributed by atoms with van der Waals surface area (Å²) in [4.78, 5) is 0. The maximum atomic E-state index is 6.49. The normalized spacial score (nSPS) is 32.3. The summed E-state index contributed by atoms with van der Waals surface area (Å²) in [6, 6.07) is 6.35. The second kappa shape index (κ2) is 6.29. The standard InChI is InChI=1S/C18H26BrNO/c1-2-4-13-5-3-9-18(10-8-13)12-16(20)15-11-14(19)6-7-17(15)21-18/h6-7,11,13,16H,2-5,8-10,12,20H2,1H3. The summed E-state index contributed by atoms with van der Waals surface area (Å²) < 4.78 is 7.57. The van der Waals surface area contributed by atoms with Gasteiger partial charge in [-0.1, -0.05) is 42.1 Å². The molecule has 1 fully saturated rings. The highest BCUT2D eigenvalue weighted by Crippen LogP contribution is 2.46. The van der Waals surface area contributed by atoms with Gasteiger partial charge >= 0.3 is 0 Å². The van der Waals surface area contributed by atoms with E-state index in [4.69, 9.17) is 10.5 Å². The summed E-state index contributed by atoms with van der Waals surface area (Å²) in [5, 5.41) is 0. The Morgan fingerprint density at radius 3 is 3.00 bits per heavy atom. The van der Waals surface area contributed by atoms with Crippen molar-refractivity contribution in [2.24, 2.45) is 11.7 Å². The van der Waals surface area contributed by atoms with Crippen molar-refractivity contribution >= 4 is 15.9 Å². The van der Waals surface area contributed by atoms with Gasteiger partial charge in [0.1, 0.15) is 11.4 Å². The Hall–Kier alpha value is -0.540. The molecule has 3 rings (SSSR count). The highest BCUT2D eigenvalue weighted by atomic mass is 79.9. The van der Waals surface area contributed by atoms with E-state index in [-0.39, 0.29) is 11.6 Å². The van der Waals surface area contributed by atoms with Crippen molar-refractivity contribution in [2.75, 3.05) is 0 Å². The van der Waals surface area contributed by atoms with Gasteiger partial charge in [-0.15, -0.1) is 0 Å². The summed E-state index contributed by atoms with van der Waals surface area (Å²) >= 11 is 3.53. The lowest BCUT2D eigenvalue weighted by molar-refractivity contribution is 0.0202. The first-order valence-corrected chi connectivity index (χ1v) is 9.15. The molecular weight excluding hydrogens is 326 g/mol. The molecule has 1 aliphatic heterocycles. The Labute approximate surface area is 136 Å². The fourth-order valence-electron chi connectivity index (χ4n) is 4.14. The predicted octanol–water partition coefficient (Wildman–Crippen LogP) is 5.35. The van der Waals surface area contributed by atoms with Crippen molar-refractivity contribution < 1.29 is 4.74 Å². The second-order valence-electron chi connectivity index (χ2n) is 6.86. The van der Waals surface area contributed by atoms with Gasteiger partial charge in [0.2, 0.25) is 0 Å². The molecule has 2 N–H and O–H groups in total. The van der Waals surface area contributed by atoms with Gasteiger partial charge in [-0.3, -0.25) is 0 Å². The molecular formula is C18H26BrNO. The van der Waals surface area contributed by atoms with Crippen molar-refractivity contribution in [1.82, 2.24) is 0 Å². The molecule has 0 saturated heterocycles. The minimum Gasteiger partial charge on any atom is -0.487 e. The number of ether oxygens (including phenoxy) is 1. The summed E-state index contributed by atoms with van der Waals surface area (Å²) in [6.45, 7) is 2.29. The van der Waals surface area contributed by atoms with Crippen LogP contribution in [0.25, 0.3) is 0 Å². The van der Waals surface area contributed by atoms with Gasteiger partial charge in [0.25, 0.3) is 0 Å². The van der Waals surface area contributed by atoms with Crippen molar-refractivity contribution in [1.29, 1.82) is 0 Å². The third kappa shape index (κ3) is 3.29. The number of hydrogen-bond donors (Lipinski definition) is 1. The molecule has 1 saturated carbocycles. The van der Waals surface area contributed by atoms with Crippen LogP contribution in [0.1, 0.15) is 69.9 Å². The smallest absolute Gasteiger partial charge is 0.124 e. The molecule has 3 heteroatoms. The van der Waals surface area contributed by atoms with E-state index in [2.05, 4.69) is 41.1 Å². The number of fused-ring (bicyclic) bond motifs is 1. The van der Waals surface area contributed by atoms with E-state index < -0.39 is 0 Å². The maximum absolute atomic E-state index is 6.49. The zero-order chi connectivity index (χ0) is 14.9. The largest absolute Gasteiger partial charge is 0.487 e. The van der Waals surface area contributed by atoms with Crippen LogP contribution < -0.4 is 10.5 Å². The van der Waals surface area contributed by atoms with Gasteiger partial charge in [-0.2, -0.15) is 0 Å². The van der Waals surface area contributed by atoms with Crippen LogP contribution >= 0.6 is 15.9 Å². The molecule has 3 unspecified atom stereocenters. The SMILES string of the molecule is CCCC1CCCC2(CC1)CC(N)c1cc(Br)ccc1O2. The highest BCUT2D eigenvalue weighted by molar-refractivity contribution is 9.10. The van der Waals surface area contributed by atoms with Crippen LogP contribution in [-0.2, 0) is 0 Å². The zero-order valence-corrected chi connectivity index (χ0v) is 14.5. The number of nitrogens with two attached hydrogens (primary N) is 1. The van der Waals surface area contributed by atoms with E-state index in [0.717, 1.165) is 34.5 Å². The lowest BCUT2D eigenvalue weighted by atomic mass is 9.82. The molecule has 0 radical (unpaired) electrons. The van der Waals surface area contributed by atoms with Gasteiger partial charge in [0.05, 0.1) is 0 Å². The Morgan fingerprint density at radius 1 is 1.33 bits per heavy atom. The molecule has 3 atom stereocenters. The fraction of sp³-hybridized carbons (Fsp3) is 0.667. The van der Waals surface area contributed by atoms with Crippen molar-refractivity contribution in [3.8, 4) is 5.75 Å².